The molecule has 0 aromatic carbocycles. The Labute approximate surface area is 190 Å². The van der Waals surface area contributed by atoms with E-state index in [9.17, 15) is 4.79 Å². The van der Waals surface area contributed by atoms with Gasteiger partial charge in [0.25, 0.3) is 0 Å². The van der Waals surface area contributed by atoms with Crippen molar-refractivity contribution in [2.75, 3.05) is 43.4 Å². The molecular weight excluding hydrogens is 444 g/mol. The third-order valence-electron chi connectivity index (χ3n) is 5.76. The number of hydrogen-bond donors (Lipinski definition) is 1. The highest BCUT2D eigenvalue weighted by molar-refractivity contribution is 7.17. The van der Waals surface area contributed by atoms with Crippen molar-refractivity contribution in [2.24, 2.45) is 0 Å². The molecule has 0 amide bonds. The van der Waals surface area contributed by atoms with Gasteiger partial charge in [0, 0.05) is 45.5 Å². The first kappa shape index (κ1) is 19.8. The van der Waals surface area contributed by atoms with Crippen molar-refractivity contribution in [1.29, 1.82) is 0 Å². The molecule has 5 aromatic rings. The summed E-state index contributed by atoms with van der Waals surface area (Å²) in [6.07, 6.45) is 4.88. The van der Waals surface area contributed by atoms with Crippen LogP contribution >= 0.6 is 11.3 Å². The quantitative estimate of drug-likeness (QED) is 0.400. The number of nitrogens with two attached hydrogens (primary N) is 1. The lowest BCUT2D eigenvalue weighted by molar-refractivity contribution is 0.248. The van der Waals surface area contributed by atoms with Crippen molar-refractivity contribution >= 4 is 39.1 Å². The van der Waals surface area contributed by atoms with Gasteiger partial charge >= 0.3 is 4.87 Å². The van der Waals surface area contributed by atoms with Crippen molar-refractivity contribution < 1.29 is 4.42 Å². The minimum Gasteiger partial charge on any atom is -0.461 e. The number of piperazine rings is 1. The molecule has 0 saturated carbocycles. The smallest absolute Gasteiger partial charge is 0.309 e. The topological polar surface area (TPSA) is 136 Å². The highest BCUT2D eigenvalue weighted by Gasteiger charge is 2.21. The fraction of sp³-hybridized carbons (Fsp3) is 0.300. The third kappa shape index (κ3) is 3.50. The number of furan rings is 1. The van der Waals surface area contributed by atoms with Crippen LogP contribution in [0.3, 0.4) is 0 Å². The first-order valence-corrected chi connectivity index (χ1v) is 11.3. The zero-order valence-electron chi connectivity index (χ0n) is 17.5. The van der Waals surface area contributed by atoms with E-state index in [1.54, 1.807) is 35.5 Å². The summed E-state index contributed by atoms with van der Waals surface area (Å²) < 4.78 is 9.18. The molecule has 1 aliphatic heterocycles. The second-order valence-corrected chi connectivity index (χ2v) is 8.65. The molecule has 0 aliphatic carbocycles. The van der Waals surface area contributed by atoms with Crippen LogP contribution < -0.4 is 15.5 Å². The van der Waals surface area contributed by atoms with Gasteiger partial charge in [0.2, 0.25) is 11.8 Å². The summed E-state index contributed by atoms with van der Waals surface area (Å²) in [7, 11) is 0. The highest BCUT2D eigenvalue weighted by Crippen LogP contribution is 2.25. The van der Waals surface area contributed by atoms with E-state index in [1.165, 1.54) is 4.52 Å². The Hall–Kier alpha value is -3.84. The van der Waals surface area contributed by atoms with Crippen molar-refractivity contribution in [3.05, 3.63) is 46.7 Å². The maximum absolute atomic E-state index is 12.8. The summed E-state index contributed by atoms with van der Waals surface area (Å²) >= 11 is 1.11. The standard InChI is InChI=1S/C20H20N10O2S/c21-19-25-17-15(18-24-16(26-30(18)19)13-2-1-11-32-13)33-20(31)29(17)10-7-27-5-8-28(9-6-27)14-3-4-22-12-23-14/h1-4,11-12H,5-10H2,(H2,21,25). The minimum atomic E-state index is -0.0906. The summed E-state index contributed by atoms with van der Waals surface area (Å²) in [5, 5.41) is 4.39. The number of hydrogen-bond acceptors (Lipinski definition) is 11. The molecule has 1 saturated heterocycles. The number of anilines is 2. The summed E-state index contributed by atoms with van der Waals surface area (Å²) in [5.41, 5.74) is 7.20. The van der Waals surface area contributed by atoms with Crippen LogP contribution in [0.4, 0.5) is 11.8 Å². The Morgan fingerprint density at radius 3 is 2.73 bits per heavy atom. The van der Waals surface area contributed by atoms with E-state index in [0.29, 0.717) is 34.1 Å². The first-order valence-electron chi connectivity index (χ1n) is 10.5. The fourth-order valence-electron chi connectivity index (χ4n) is 4.05. The van der Waals surface area contributed by atoms with Gasteiger partial charge < -0.3 is 15.1 Å². The van der Waals surface area contributed by atoms with Crippen LogP contribution in [0.5, 0.6) is 0 Å². The average Bonchev–Trinajstić information content (AvgIpc) is 3.58. The van der Waals surface area contributed by atoms with Gasteiger partial charge in [-0.2, -0.15) is 9.50 Å². The third-order valence-corrected chi connectivity index (χ3v) is 6.72. The summed E-state index contributed by atoms with van der Waals surface area (Å²) in [4.78, 5) is 34.6. The Bertz CT molecular complexity index is 1470. The zero-order chi connectivity index (χ0) is 22.4. The minimum absolute atomic E-state index is 0.0906. The molecule has 5 aromatic heterocycles. The van der Waals surface area contributed by atoms with Gasteiger partial charge in [0.15, 0.2) is 17.1 Å². The number of thiazole rings is 1. The molecule has 0 bridgehead atoms. The molecule has 168 valence electrons. The number of rotatable bonds is 5. The van der Waals surface area contributed by atoms with E-state index in [1.807, 2.05) is 6.07 Å². The predicted octanol–water partition coefficient (Wildman–Crippen LogP) is 0.955. The lowest BCUT2D eigenvalue weighted by atomic mass is 10.3. The Balaban J connectivity index is 1.23. The van der Waals surface area contributed by atoms with Gasteiger partial charge in [-0.25, -0.2) is 15.0 Å². The molecule has 13 heteroatoms. The summed E-state index contributed by atoms with van der Waals surface area (Å²) in [6, 6.07) is 5.46. The van der Waals surface area contributed by atoms with Crippen LogP contribution in [-0.2, 0) is 6.54 Å². The fourth-order valence-corrected chi connectivity index (χ4v) is 4.98. The molecule has 6 rings (SSSR count). The second-order valence-electron chi connectivity index (χ2n) is 7.69. The summed E-state index contributed by atoms with van der Waals surface area (Å²) in [6.45, 7) is 4.78. The van der Waals surface area contributed by atoms with E-state index in [4.69, 9.17) is 10.2 Å². The number of nitrogens with zero attached hydrogens (tertiary/aromatic N) is 9. The lowest BCUT2D eigenvalue weighted by Crippen LogP contribution is -2.47. The molecule has 2 N–H and O–H groups in total. The molecule has 1 fully saturated rings. The van der Waals surface area contributed by atoms with Crippen LogP contribution in [-0.4, -0.2) is 71.7 Å². The van der Waals surface area contributed by atoms with E-state index in [-0.39, 0.29) is 10.8 Å². The average molecular weight is 465 g/mol. The Morgan fingerprint density at radius 1 is 1.09 bits per heavy atom. The molecule has 0 spiro atoms. The maximum Gasteiger partial charge on any atom is 0.309 e. The monoisotopic (exact) mass is 464 g/mol. The molecule has 1 aliphatic rings. The van der Waals surface area contributed by atoms with Crippen molar-refractivity contribution in [3.63, 3.8) is 0 Å². The normalized spacial score (nSPS) is 15.1. The molecule has 6 heterocycles. The van der Waals surface area contributed by atoms with Gasteiger partial charge in [-0.3, -0.25) is 14.3 Å². The molecule has 0 atom stereocenters. The number of nitrogen functional groups attached to an aromatic ring is 1. The Kier molecular flexibility index (Phi) is 4.77. The second kappa shape index (κ2) is 7.94. The van der Waals surface area contributed by atoms with Crippen molar-refractivity contribution in [2.45, 2.75) is 6.54 Å². The van der Waals surface area contributed by atoms with Gasteiger partial charge in [0.1, 0.15) is 16.8 Å². The Morgan fingerprint density at radius 2 is 1.97 bits per heavy atom. The van der Waals surface area contributed by atoms with E-state index in [2.05, 4.69) is 34.8 Å². The van der Waals surface area contributed by atoms with Crippen LogP contribution in [0.1, 0.15) is 0 Å². The van der Waals surface area contributed by atoms with E-state index >= 15 is 0 Å². The van der Waals surface area contributed by atoms with Crippen LogP contribution in [0.15, 0.2) is 46.2 Å². The number of aromatic nitrogens is 7. The molecule has 12 nitrogen and oxygen atoms in total. The van der Waals surface area contributed by atoms with Crippen molar-refractivity contribution in [3.8, 4) is 11.6 Å². The lowest BCUT2D eigenvalue weighted by Gasteiger charge is -2.35. The van der Waals surface area contributed by atoms with Crippen LogP contribution in [0.2, 0.25) is 0 Å². The summed E-state index contributed by atoms with van der Waals surface area (Å²) in [5.74, 6) is 2.04. The van der Waals surface area contributed by atoms with E-state index < -0.39 is 0 Å². The molecule has 0 radical (unpaired) electrons. The molecular formula is C20H20N10O2S. The molecule has 0 unspecified atom stereocenters. The number of fused-ring (bicyclic) bond motifs is 3. The van der Waals surface area contributed by atoms with Crippen LogP contribution in [0.25, 0.3) is 27.6 Å². The van der Waals surface area contributed by atoms with Gasteiger partial charge in [-0.05, 0) is 18.2 Å². The van der Waals surface area contributed by atoms with Crippen molar-refractivity contribution in [1.82, 2.24) is 39.0 Å². The SMILES string of the molecule is Nc1nc2c(sc(=O)n2CCN2CCN(c3ccncn3)CC2)c2nc(-c3ccco3)nn12. The van der Waals surface area contributed by atoms with Gasteiger partial charge in [-0.15, -0.1) is 5.10 Å². The maximum atomic E-state index is 12.8. The van der Waals surface area contributed by atoms with Gasteiger partial charge in [0.05, 0.1) is 6.26 Å². The molecule has 33 heavy (non-hydrogen) atoms. The van der Waals surface area contributed by atoms with E-state index in [0.717, 1.165) is 49.9 Å². The van der Waals surface area contributed by atoms with Gasteiger partial charge in [-0.1, -0.05) is 11.3 Å². The predicted molar refractivity (Wildman–Crippen MR) is 123 cm³/mol. The largest absolute Gasteiger partial charge is 0.461 e. The van der Waals surface area contributed by atoms with Crippen LogP contribution in [0, 0.1) is 0 Å². The highest BCUT2D eigenvalue weighted by atomic mass is 32.1. The zero-order valence-corrected chi connectivity index (χ0v) is 18.4. The first-order chi connectivity index (χ1) is 16.2.